The Bertz CT molecular complexity index is 445. The lowest BCUT2D eigenvalue weighted by Gasteiger charge is -2.14. The van der Waals surface area contributed by atoms with E-state index in [2.05, 4.69) is 34.6 Å². The molecular formula is C24H48N4OS. The lowest BCUT2D eigenvalue weighted by atomic mass is 10.0. The van der Waals surface area contributed by atoms with Gasteiger partial charge in [0.25, 0.3) is 0 Å². The van der Waals surface area contributed by atoms with Gasteiger partial charge in [0.15, 0.2) is 5.17 Å². The molecule has 0 aromatic rings. The number of thioether (sulfide) groups is 1. The van der Waals surface area contributed by atoms with Gasteiger partial charge in [-0.25, -0.2) is 10.2 Å². The van der Waals surface area contributed by atoms with E-state index in [0.29, 0.717) is 0 Å². The number of nitrogens with one attached hydrogen (secondary N) is 2. The first-order chi connectivity index (χ1) is 14.8. The Morgan fingerprint density at radius 1 is 0.833 bits per heavy atom. The third-order valence-electron chi connectivity index (χ3n) is 5.81. The van der Waals surface area contributed by atoms with E-state index in [4.69, 9.17) is 0 Å². The van der Waals surface area contributed by atoms with Crippen LogP contribution in [0.1, 0.15) is 117 Å². The van der Waals surface area contributed by atoms with Crippen molar-refractivity contribution in [3.05, 3.63) is 0 Å². The molecule has 0 unspecified atom stereocenters. The fraction of sp³-hybridized carbons (Fsp3) is 0.917. The van der Waals surface area contributed by atoms with Crippen LogP contribution < -0.4 is 10.7 Å². The summed E-state index contributed by atoms with van der Waals surface area (Å²) in [6.45, 7) is 7.08. The second-order valence-electron chi connectivity index (χ2n) is 8.49. The lowest BCUT2D eigenvalue weighted by molar-refractivity contribution is 0.241. The zero-order valence-corrected chi connectivity index (χ0v) is 20.7. The van der Waals surface area contributed by atoms with Crippen LogP contribution in [0.25, 0.3) is 0 Å². The molecule has 0 radical (unpaired) electrons. The van der Waals surface area contributed by atoms with E-state index >= 15 is 0 Å². The molecule has 30 heavy (non-hydrogen) atoms. The maximum atomic E-state index is 11.8. The molecule has 0 aromatic heterocycles. The maximum Gasteiger partial charge on any atom is 0.335 e. The van der Waals surface area contributed by atoms with E-state index < -0.39 is 0 Å². The Morgan fingerprint density at radius 2 is 1.33 bits per heavy atom. The number of carbonyl (C=O) groups is 1. The quantitative estimate of drug-likeness (QED) is 0.170. The number of hydrogen-bond donors (Lipinski definition) is 2. The zero-order valence-electron chi connectivity index (χ0n) is 19.9. The molecule has 0 aromatic carbocycles. The highest BCUT2D eigenvalue weighted by atomic mass is 32.2. The van der Waals surface area contributed by atoms with Gasteiger partial charge in [-0.1, -0.05) is 115 Å². The number of hydrazone groups is 1. The number of amidine groups is 1. The van der Waals surface area contributed by atoms with Crippen molar-refractivity contribution in [2.45, 2.75) is 117 Å². The minimum absolute atomic E-state index is 0.188. The summed E-state index contributed by atoms with van der Waals surface area (Å²) in [5.41, 5.74) is 2.62. The van der Waals surface area contributed by atoms with E-state index in [0.717, 1.165) is 37.0 Å². The molecule has 0 saturated carbocycles. The predicted octanol–water partition coefficient (Wildman–Crippen LogP) is 6.89. The standard InChI is InChI=1S/C24H48N4OS/c1-3-5-6-7-8-9-10-11-12-13-14-15-16-17-18-19-20-25-23(29)26-27-24-28(4-2)21-22-30-24/h3-22H2,1-2H3,(H2,25,26,29)/b27-24+. The number of urea groups is 1. The summed E-state index contributed by atoms with van der Waals surface area (Å²) in [7, 11) is 0. The summed E-state index contributed by atoms with van der Waals surface area (Å²) in [5.74, 6) is 1.05. The Labute approximate surface area is 190 Å². The lowest BCUT2D eigenvalue weighted by Crippen LogP contribution is -2.35. The average Bonchev–Trinajstić information content (AvgIpc) is 3.22. The minimum Gasteiger partial charge on any atom is -0.349 e. The first-order valence-corrected chi connectivity index (χ1v) is 13.8. The van der Waals surface area contributed by atoms with E-state index in [1.165, 1.54) is 96.3 Å². The molecule has 0 spiro atoms. The summed E-state index contributed by atoms with van der Waals surface area (Å²) < 4.78 is 0. The molecule has 6 heteroatoms. The molecule has 1 heterocycles. The van der Waals surface area contributed by atoms with Crippen LogP contribution in [-0.2, 0) is 0 Å². The van der Waals surface area contributed by atoms with Gasteiger partial charge in [0.2, 0.25) is 0 Å². The molecule has 1 fully saturated rings. The molecule has 1 aliphatic rings. The average molecular weight is 441 g/mol. The first kappa shape index (κ1) is 27.1. The Morgan fingerprint density at radius 3 is 1.83 bits per heavy atom. The Kier molecular flexibility index (Phi) is 18.1. The van der Waals surface area contributed by atoms with E-state index in [-0.39, 0.29) is 6.03 Å². The fourth-order valence-electron chi connectivity index (χ4n) is 3.84. The molecule has 0 atom stereocenters. The third-order valence-corrected chi connectivity index (χ3v) is 6.81. The van der Waals surface area contributed by atoms with Crippen LogP contribution >= 0.6 is 11.8 Å². The smallest absolute Gasteiger partial charge is 0.335 e. The number of hydrogen-bond acceptors (Lipinski definition) is 3. The van der Waals surface area contributed by atoms with Crippen LogP contribution in [0.15, 0.2) is 5.10 Å². The summed E-state index contributed by atoms with van der Waals surface area (Å²) in [5, 5.41) is 8.04. The van der Waals surface area contributed by atoms with Gasteiger partial charge in [-0.15, -0.1) is 5.10 Å². The minimum atomic E-state index is -0.188. The highest BCUT2D eigenvalue weighted by Crippen LogP contribution is 2.16. The molecule has 0 aliphatic carbocycles. The Balaban J connectivity index is 1.78. The van der Waals surface area contributed by atoms with Crippen molar-refractivity contribution in [3.8, 4) is 0 Å². The van der Waals surface area contributed by atoms with Crippen molar-refractivity contribution in [2.24, 2.45) is 5.10 Å². The second kappa shape index (κ2) is 20.0. The molecule has 1 aliphatic heterocycles. The molecule has 1 saturated heterocycles. The molecule has 176 valence electrons. The van der Waals surface area contributed by atoms with Crippen molar-refractivity contribution in [1.82, 2.24) is 15.6 Å². The first-order valence-electron chi connectivity index (χ1n) is 12.8. The molecule has 0 bridgehead atoms. The zero-order chi connectivity index (χ0) is 21.7. The maximum absolute atomic E-state index is 11.8. The summed E-state index contributed by atoms with van der Waals surface area (Å²) in [6, 6.07) is -0.188. The van der Waals surface area contributed by atoms with Gasteiger partial charge in [-0.2, -0.15) is 0 Å². The Hall–Kier alpha value is -0.910. The SMILES string of the molecule is CCCCCCCCCCCCCCCCCCNC(=O)N/N=C1/SCCN1CC. The van der Waals surface area contributed by atoms with E-state index in [9.17, 15) is 4.79 Å². The topological polar surface area (TPSA) is 56.7 Å². The van der Waals surface area contributed by atoms with Crippen molar-refractivity contribution in [3.63, 3.8) is 0 Å². The molecule has 1 rings (SSSR count). The van der Waals surface area contributed by atoms with Gasteiger partial charge < -0.3 is 10.2 Å². The van der Waals surface area contributed by atoms with Crippen LogP contribution in [0, 0.1) is 0 Å². The van der Waals surface area contributed by atoms with Crippen LogP contribution in [0.2, 0.25) is 0 Å². The van der Waals surface area contributed by atoms with Crippen molar-refractivity contribution < 1.29 is 4.79 Å². The van der Waals surface area contributed by atoms with Crippen LogP contribution in [0.3, 0.4) is 0 Å². The summed E-state index contributed by atoms with van der Waals surface area (Å²) in [6.07, 6.45) is 21.9. The molecule has 5 nitrogen and oxygen atoms in total. The number of rotatable bonds is 19. The van der Waals surface area contributed by atoms with Crippen molar-refractivity contribution >= 4 is 23.0 Å². The predicted molar refractivity (Wildman–Crippen MR) is 133 cm³/mol. The van der Waals surface area contributed by atoms with Crippen molar-refractivity contribution in [1.29, 1.82) is 0 Å². The molecule has 2 amide bonds. The number of unbranched alkanes of at least 4 members (excludes halogenated alkanes) is 15. The van der Waals surface area contributed by atoms with Gasteiger partial charge in [0.1, 0.15) is 0 Å². The molecular weight excluding hydrogens is 392 g/mol. The monoisotopic (exact) mass is 440 g/mol. The van der Waals surface area contributed by atoms with Gasteiger partial charge >= 0.3 is 6.03 Å². The summed E-state index contributed by atoms with van der Waals surface area (Å²) in [4.78, 5) is 14.0. The third kappa shape index (κ3) is 15.0. The largest absolute Gasteiger partial charge is 0.349 e. The van der Waals surface area contributed by atoms with Crippen LogP contribution in [0.5, 0.6) is 0 Å². The van der Waals surface area contributed by atoms with Crippen molar-refractivity contribution in [2.75, 3.05) is 25.4 Å². The number of amides is 2. The van der Waals surface area contributed by atoms with Gasteiger partial charge in [-0.05, 0) is 13.3 Å². The normalized spacial score (nSPS) is 15.1. The highest BCUT2D eigenvalue weighted by Gasteiger charge is 2.17. The van der Waals surface area contributed by atoms with E-state index in [1.807, 2.05) is 0 Å². The highest BCUT2D eigenvalue weighted by molar-refractivity contribution is 8.14. The van der Waals surface area contributed by atoms with Crippen LogP contribution in [0.4, 0.5) is 4.79 Å². The van der Waals surface area contributed by atoms with Gasteiger partial charge in [0, 0.05) is 25.4 Å². The second-order valence-corrected chi connectivity index (χ2v) is 9.56. The van der Waals surface area contributed by atoms with Gasteiger partial charge in [0.05, 0.1) is 0 Å². The summed E-state index contributed by atoms with van der Waals surface area (Å²) >= 11 is 1.70. The molecule has 2 N–H and O–H groups in total. The number of carbonyl (C=O) groups excluding carboxylic acids is 1. The number of nitrogens with zero attached hydrogens (tertiary/aromatic N) is 2. The van der Waals surface area contributed by atoms with Crippen LogP contribution in [-0.4, -0.2) is 41.5 Å². The van der Waals surface area contributed by atoms with Gasteiger partial charge in [-0.3, -0.25) is 0 Å². The van der Waals surface area contributed by atoms with E-state index in [1.54, 1.807) is 11.8 Å². The fourth-order valence-corrected chi connectivity index (χ4v) is 4.85.